The van der Waals surface area contributed by atoms with Crippen molar-refractivity contribution in [2.45, 2.75) is 19.5 Å². The van der Waals surface area contributed by atoms with Gasteiger partial charge >= 0.3 is 0 Å². The van der Waals surface area contributed by atoms with Gasteiger partial charge < -0.3 is 10.1 Å². The third kappa shape index (κ3) is 3.16. The highest BCUT2D eigenvalue weighted by Gasteiger charge is 2.28. The van der Waals surface area contributed by atoms with Gasteiger partial charge in [-0.25, -0.2) is 0 Å². The molecule has 1 aliphatic rings. The fourth-order valence-corrected chi connectivity index (χ4v) is 2.40. The Morgan fingerprint density at radius 2 is 2.40 bits per heavy atom. The Balaban J connectivity index is 2.15. The standard InChI is InChI=1S/C15H19N3O2/c1-11-7-12(8-16)3-4-13(11)9-18-5-6-20-10-14(18)15(19)17-2/h3-4,7,14H,5-6,9-10H2,1-2H3,(H,17,19). The van der Waals surface area contributed by atoms with Crippen molar-refractivity contribution in [1.29, 1.82) is 5.26 Å². The molecule has 1 fully saturated rings. The molecular formula is C15H19N3O2. The van der Waals surface area contributed by atoms with Crippen LogP contribution in [0.3, 0.4) is 0 Å². The third-order valence-corrected chi connectivity index (χ3v) is 3.63. The molecule has 20 heavy (non-hydrogen) atoms. The Hall–Kier alpha value is -1.90. The van der Waals surface area contributed by atoms with Gasteiger partial charge in [0.25, 0.3) is 0 Å². The van der Waals surface area contributed by atoms with Crippen LogP contribution in [0.1, 0.15) is 16.7 Å². The second-order valence-corrected chi connectivity index (χ2v) is 4.93. The molecule has 1 N–H and O–H groups in total. The zero-order chi connectivity index (χ0) is 14.5. The molecule has 0 aromatic heterocycles. The van der Waals surface area contributed by atoms with E-state index >= 15 is 0 Å². The summed E-state index contributed by atoms with van der Waals surface area (Å²) < 4.78 is 5.39. The summed E-state index contributed by atoms with van der Waals surface area (Å²) in [6, 6.07) is 7.55. The van der Waals surface area contributed by atoms with Crippen molar-refractivity contribution >= 4 is 5.91 Å². The van der Waals surface area contributed by atoms with E-state index in [0.717, 1.165) is 17.7 Å². The molecule has 0 radical (unpaired) electrons. The average molecular weight is 273 g/mol. The average Bonchev–Trinajstić information content (AvgIpc) is 2.49. The third-order valence-electron chi connectivity index (χ3n) is 3.63. The van der Waals surface area contributed by atoms with Crippen LogP contribution in [-0.2, 0) is 16.1 Å². The molecule has 2 rings (SSSR count). The highest BCUT2D eigenvalue weighted by Crippen LogP contribution is 2.17. The minimum Gasteiger partial charge on any atom is -0.378 e. The molecule has 1 atom stereocenters. The van der Waals surface area contributed by atoms with Gasteiger partial charge in [-0.3, -0.25) is 9.69 Å². The summed E-state index contributed by atoms with van der Waals surface area (Å²) in [7, 11) is 1.64. The van der Waals surface area contributed by atoms with Crippen LogP contribution < -0.4 is 5.32 Å². The maximum Gasteiger partial charge on any atom is 0.239 e. The number of amides is 1. The minimum absolute atomic E-state index is 0.0176. The van der Waals surface area contributed by atoms with Crippen molar-refractivity contribution in [2.75, 3.05) is 26.8 Å². The van der Waals surface area contributed by atoms with E-state index in [1.54, 1.807) is 7.05 Å². The molecule has 1 aromatic carbocycles. The van der Waals surface area contributed by atoms with E-state index in [4.69, 9.17) is 10.00 Å². The van der Waals surface area contributed by atoms with Gasteiger partial charge in [0.2, 0.25) is 5.91 Å². The normalized spacial score (nSPS) is 19.4. The molecule has 0 aliphatic carbocycles. The number of likely N-dealkylation sites (N-methyl/N-ethyl adjacent to an activating group) is 1. The molecule has 106 valence electrons. The van der Waals surface area contributed by atoms with Crippen LogP contribution >= 0.6 is 0 Å². The second-order valence-electron chi connectivity index (χ2n) is 4.93. The van der Waals surface area contributed by atoms with E-state index in [1.807, 2.05) is 25.1 Å². The first-order valence-corrected chi connectivity index (χ1v) is 6.68. The molecule has 1 heterocycles. The molecule has 5 nitrogen and oxygen atoms in total. The maximum atomic E-state index is 11.9. The Kier molecular flexibility index (Phi) is 4.72. The first-order chi connectivity index (χ1) is 9.65. The number of benzene rings is 1. The molecular weight excluding hydrogens is 254 g/mol. The molecule has 0 bridgehead atoms. The van der Waals surface area contributed by atoms with Gasteiger partial charge in [-0.05, 0) is 30.2 Å². The first kappa shape index (κ1) is 14.5. The lowest BCUT2D eigenvalue weighted by Crippen LogP contribution is -2.52. The molecule has 1 amide bonds. The van der Waals surface area contributed by atoms with Crippen molar-refractivity contribution in [3.63, 3.8) is 0 Å². The maximum absolute atomic E-state index is 11.9. The number of nitrogens with zero attached hydrogens (tertiary/aromatic N) is 2. The molecule has 1 aromatic rings. The Bertz CT molecular complexity index is 536. The van der Waals surface area contributed by atoms with E-state index in [2.05, 4.69) is 16.3 Å². The predicted octanol–water partition coefficient (Wildman–Crippen LogP) is 0.813. The van der Waals surface area contributed by atoms with Crippen LogP contribution in [0.4, 0.5) is 0 Å². The molecule has 0 spiro atoms. The van der Waals surface area contributed by atoms with Crippen LogP contribution in [0, 0.1) is 18.3 Å². The van der Waals surface area contributed by atoms with Gasteiger partial charge in [0.05, 0.1) is 24.8 Å². The van der Waals surface area contributed by atoms with E-state index in [0.29, 0.717) is 25.3 Å². The fourth-order valence-electron chi connectivity index (χ4n) is 2.40. The number of carbonyl (C=O) groups is 1. The quantitative estimate of drug-likeness (QED) is 0.885. The first-order valence-electron chi connectivity index (χ1n) is 6.68. The summed E-state index contributed by atoms with van der Waals surface area (Å²) >= 11 is 0. The number of nitriles is 1. The molecule has 1 aliphatic heterocycles. The summed E-state index contributed by atoms with van der Waals surface area (Å²) in [6.07, 6.45) is 0. The minimum atomic E-state index is -0.246. The zero-order valence-electron chi connectivity index (χ0n) is 11.8. The van der Waals surface area contributed by atoms with Gasteiger partial charge in [0, 0.05) is 20.1 Å². The largest absolute Gasteiger partial charge is 0.378 e. The predicted molar refractivity (Wildman–Crippen MR) is 75.0 cm³/mol. The smallest absolute Gasteiger partial charge is 0.239 e. The Labute approximate surface area is 119 Å². The number of carbonyl (C=O) groups excluding carboxylic acids is 1. The van der Waals surface area contributed by atoms with Gasteiger partial charge in [0.15, 0.2) is 0 Å². The van der Waals surface area contributed by atoms with Crippen molar-refractivity contribution < 1.29 is 9.53 Å². The van der Waals surface area contributed by atoms with Crippen LogP contribution in [0.5, 0.6) is 0 Å². The number of hydrogen-bond donors (Lipinski definition) is 1. The highest BCUT2D eigenvalue weighted by molar-refractivity contribution is 5.81. The SMILES string of the molecule is CNC(=O)C1COCCN1Cc1ccc(C#N)cc1C. The number of hydrogen-bond acceptors (Lipinski definition) is 4. The monoisotopic (exact) mass is 273 g/mol. The Morgan fingerprint density at radius 1 is 1.60 bits per heavy atom. The van der Waals surface area contributed by atoms with Crippen molar-refractivity contribution in [2.24, 2.45) is 0 Å². The van der Waals surface area contributed by atoms with Crippen LogP contribution in [0.15, 0.2) is 18.2 Å². The van der Waals surface area contributed by atoms with Crippen molar-refractivity contribution in [3.8, 4) is 6.07 Å². The summed E-state index contributed by atoms with van der Waals surface area (Å²) in [5, 5.41) is 11.6. The summed E-state index contributed by atoms with van der Waals surface area (Å²) in [6.45, 7) is 4.49. The van der Waals surface area contributed by atoms with Crippen molar-refractivity contribution in [3.05, 3.63) is 34.9 Å². The summed E-state index contributed by atoms with van der Waals surface area (Å²) in [5.74, 6) is -0.0176. The molecule has 1 unspecified atom stereocenters. The molecule has 1 saturated heterocycles. The van der Waals surface area contributed by atoms with Gasteiger partial charge in [-0.2, -0.15) is 5.26 Å². The number of aryl methyl sites for hydroxylation is 1. The zero-order valence-corrected chi connectivity index (χ0v) is 11.8. The summed E-state index contributed by atoms with van der Waals surface area (Å²) in [5.41, 5.74) is 2.88. The van der Waals surface area contributed by atoms with E-state index in [-0.39, 0.29) is 11.9 Å². The number of nitrogens with one attached hydrogen (secondary N) is 1. The fraction of sp³-hybridized carbons (Fsp3) is 0.467. The van der Waals surface area contributed by atoms with Crippen LogP contribution in [-0.4, -0.2) is 43.7 Å². The number of ether oxygens (including phenoxy) is 1. The van der Waals surface area contributed by atoms with E-state index < -0.39 is 0 Å². The van der Waals surface area contributed by atoms with Crippen LogP contribution in [0.25, 0.3) is 0 Å². The van der Waals surface area contributed by atoms with Gasteiger partial charge in [0.1, 0.15) is 6.04 Å². The highest BCUT2D eigenvalue weighted by atomic mass is 16.5. The number of morpholine rings is 1. The second kappa shape index (κ2) is 6.51. The summed E-state index contributed by atoms with van der Waals surface area (Å²) in [4.78, 5) is 14.0. The lowest BCUT2D eigenvalue weighted by molar-refractivity contribution is -0.132. The van der Waals surface area contributed by atoms with Gasteiger partial charge in [-0.15, -0.1) is 0 Å². The van der Waals surface area contributed by atoms with E-state index in [1.165, 1.54) is 0 Å². The van der Waals surface area contributed by atoms with E-state index in [9.17, 15) is 4.79 Å². The topological polar surface area (TPSA) is 65.4 Å². The Morgan fingerprint density at radius 3 is 3.05 bits per heavy atom. The molecule has 0 saturated carbocycles. The van der Waals surface area contributed by atoms with Crippen LogP contribution in [0.2, 0.25) is 0 Å². The number of rotatable bonds is 3. The lowest BCUT2D eigenvalue weighted by Gasteiger charge is -2.34. The van der Waals surface area contributed by atoms with Gasteiger partial charge in [-0.1, -0.05) is 6.07 Å². The molecule has 5 heteroatoms. The van der Waals surface area contributed by atoms with Crippen molar-refractivity contribution in [1.82, 2.24) is 10.2 Å². The lowest BCUT2D eigenvalue weighted by atomic mass is 10.0.